The molecule has 0 spiro atoms. The maximum atomic E-state index is 11.3. The van der Waals surface area contributed by atoms with Gasteiger partial charge in [-0.2, -0.15) is 0 Å². The molecule has 1 rings (SSSR count). The van der Waals surface area contributed by atoms with Crippen LogP contribution in [0.2, 0.25) is 0 Å². The van der Waals surface area contributed by atoms with Gasteiger partial charge in [0.25, 0.3) is 5.69 Å². The van der Waals surface area contributed by atoms with Gasteiger partial charge in [-0.1, -0.05) is 12.7 Å². The maximum absolute atomic E-state index is 11.3. The Labute approximate surface area is 92.5 Å². The number of rotatable bonds is 3. The second-order valence-corrected chi connectivity index (χ2v) is 3.18. The lowest BCUT2D eigenvalue weighted by Crippen LogP contribution is -2.06. The monoisotopic (exact) mass is 221 g/mol. The van der Waals surface area contributed by atoms with Crippen LogP contribution < -0.4 is 0 Å². The van der Waals surface area contributed by atoms with Crippen molar-refractivity contribution >= 4 is 17.7 Å². The smallest absolute Gasteiger partial charge is 0.344 e. The van der Waals surface area contributed by atoms with Gasteiger partial charge in [-0.05, 0) is 24.1 Å². The van der Waals surface area contributed by atoms with Crippen molar-refractivity contribution in [3.8, 4) is 0 Å². The summed E-state index contributed by atoms with van der Waals surface area (Å²) in [5.41, 5.74) is 1.04. The largest absolute Gasteiger partial charge is 0.465 e. The third-order valence-corrected chi connectivity index (χ3v) is 2.21. The Morgan fingerprint density at radius 1 is 1.56 bits per heavy atom. The van der Waals surface area contributed by atoms with Crippen LogP contribution in [0.15, 0.2) is 18.7 Å². The molecule has 0 atom stereocenters. The highest BCUT2D eigenvalue weighted by Gasteiger charge is 2.22. The molecule has 0 fully saturated rings. The quantitative estimate of drug-likeness (QED) is 0.446. The van der Waals surface area contributed by atoms with Crippen molar-refractivity contribution in [2.45, 2.75) is 6.92 Å². The van der Waals surface area contributed by atoms with Gasteiger partial charge in [0.1, 0.15) is 5.56 Å². The van der Waals surface area contributed by atoms with Crippen LogP contribution in [0.3, 0.4) is 0 Å². The van der Waals surface area contributed by atoms with Gasteiger partial charge in [-0.25, -0.2) is 4.79 Å². The molecule has 1 aromatic rings. The van der Waals surface area contributed by atoms with E-state index in [1.165, 1.54) is 25.3 Å². The number of nitro groups is 1. The fourth-order valence-electron chi connectivity index (χ4n) is 1.36. The minimum absolute atomic E-state index is 0.0457. The summed E-state index contributed by atoms with van der Waals surface area (Å²) in [5.74, 6) is -0.717. The van der Waals surface area contributed by atoms with Crippen LogP contribution in [-0.4, -0.2) is 18.0 Å². The molecular formula is C11H11NO4. The van der Waals surface area contributed by atoms with Crippen LogP contribution in [0.25, 0.3) is 6.08 Å². The van der Waals surface area contributed by atoms with Gasteiger partial charge in [-0.3, -0.25) is 10.1 Å². The van der Waals surface area contributed by atoms with Gasteiger partial charge >= 0.3 is 5.97 Å². The fraction of sp³-hybridized carbons (Fsp3) is 0.182. The minimum Gasteiger partial charge on any atom is -0.465 e. The number of nitrogens with zero attached hydrogens (tertiary/aromatic N) is 1. The Hall–Kier alpha value is -2.17. The van der Waals surface area contributed by atoms with Crippen molar-refractivity contribution in [3.05, 3.63) is 45.5 Å². The third kappa shape index (κ3) is 2.08. The minimum atomic E-state index is -0.717. The summed E-state index contributed by atoms with van der Waals surface area (Å²) < 4.78 is 4.49. The zero-order chi connectivity index (χ0) is 12.3. The van der Waals surface area contributed by atoms with E-state index in [9.17, 15) is 14.9 Å². The Balaban J connectivity index is 3.47. The summed E-state index contributed by atoms with van der Waals surface area (Å²) in [6, 6.07) is 2.75. The summed E-state index contributed by atoms with van der Waals surface area (Å²) in [6.45, 7) is 5.29. The average Bonchev–Trinajstić information content (AvgIpc) is 2.27. The van der Waals surface area contributed by atoms with E-state index < -0.39 is 10.9 Å². The molecule has 0 aromatic heterocycles. The number of benzene rings is 1. The van der Waals surface area contributed by atoms with Crippen LogP contribution in [-0.2, 0) is 4.74 Å². The van der Waals surface area contributed by atoms with E-state index in [1.807, 2.05) is 0 Å². The molecule has 5 nitrogen and oxygen atoms in total. The van der Waals surface area contributed by atoms with Crippen molar-refractivity contribution in [3.63, 3.8) is 0 Å². The average molecular weight is 221 g/mol. The van der Waals surface area contributed by atoms with E-state index in [4.69, 9.17) is 0 Å². The first-order chi connectivity index (χ1) is 7.51. The number of ether oxygens (including phenoxy) is 1. The Bertz CT molecular complexity index is 465. The summed E-state index contributed by atoms with van der Waals surface area (Å²) in [4.78, 5) is 21.5. The van der Waals surface area contributed by atoms with Crippen LogP contribution in [0.5, 0.6) is 0 Å². The second kappa shape index (κ2) is 4.57. The fourth-order valence-corrected chi connectivity index (χ4v) is 1.36. The predicted molar refractivity (Wildman–Crippen MR) is 59.3 cm³/mol. The number of methoxy groups -OCH3 is 1. The van der Waals surface area contributed by atoms with E-state index in [2.05, 4.69) is 11.3 Å². The molecule has 0 radical (unpaired) electrons. The molecule has 0 heterocycles. The van der Waals surface area contributed by atoms with E-state index in [1.54, 1.807) is 6.92 Å². The summed E-state index contributed by atoms with van der Waals surface area (Å²) in [6.07, 6.45) is 1.50. The molecule has 84 valence electrons. The molecule has 5 heteroatoms. The Morgan fingerprint density at radius 2 is 2.19 bits per heavy atom. The number of aryl methyl sites for hydroxylation is 1. The van der Waals surface area contributed by atoms with Gasteiger partial charge < -0.3 is 4.74 Å². The lowest BCUT2D eigenvalue weighted by Gasteiger charge is -2.05. The molecule has 1 aromatic carbocycles. The van der Waals surface area contributed by atoms with E-state index in [0.717, 1.165) is 5.56 Å². The van der Waals surface area contributed by atoms with E-state index in [-0.39, 0.29) is 11.3 Å². The zero-order valence-corrected chi connectivity index (χ0v) is 9.02. The van der Waals surface area contributed by atoms with Gasteiger partial charge in [-0.15, -0.1) is 0 Å². The standard InChI is InChI=1S/C11H11NO4/c1-4-8-6-10(12(14)15)9(5-7(8)2)11(13)16-3/h4-6H,1H2,2-3H3. The molecule has 0 saturated carbocycles. The molecule has 16 heavy (non-hydrogen) atoms. The van der Waals surface area contributed by atoms with Crippen LogP contribution >= 0.6 is 0 Å². The van der Waals surface area contributed by atoms with Gasteiger partial charge in [0, 0.05) is 6.07 Å². The van der Waals surface area contributed by atoms with Crippen LogP contribution in [0, 0.1) is 17.0 Å². The van der Waals surface area contributed by atoms with E-state index >= 15 is 0 Å². The molecule has 0 amide bonds. The van der Waals surface area contributed by atoms with Crippen molar-refractivity contribution in [2.24, 2.45) is 0 Å². The van der Waals surface area contributed by atoms with Gasteiger partial charge in [0.2, 0.25) is 0 Å². The number of hydrogen-bond donors (Lipinski definition) is 0. The van der Waals surface area contributed by atoms with Gasteiger partial charge in [0.05, 0.1) is 12.0 Å². The highest BCUT2D eigenvalue weighted by Crippen LogP contribution is 2.24. The van der Waals surface area contributed by atoms with Crippen LogP contribution in [0.4, 0.5) is 5.69 Å². The molecule has 0 aliphatic heterocycles. The maximum Gasteiger partial charge on any atom is 0.344 e. The number of carbonyl (C=O) groups excluding carboxylic acids is 1. The van der Waals surface area contributed by atoms with Crippen molar-refractivity contribution in [1.82, 2.24) is 0 Å². The molecule has 0 aliphatic carbocycles. The molecule has 0 N–H and O–H groups in total. The lowest BCUT2D eigenvalue weighted by atomic mass is 10.0. The number of carbonyl (C=O) groups is 1. The molecule has 0 bridgehead atoms. The highest BCUT2D eigenvalue weighted by molar-refractivity contribution is 5.94. The zero-order valence-electron chi connectivity index (χ0n) is 9.02. The SMILES string of the molecule is C=Cc1cc([N+](=O)[O-])c(C(=O)OC)cc1C. The molecule has 0 saturated heterocycles. The topological polar surface area (TPSA) is 69.4 Å². The van der Waals surface area contributed by atoms with Gasteiger partial charge in [0.15, 0.2) is 0 Å². The molecular weight excluding hydrogens is 210 g/mol. The Kier molecular flexibility index (Phi) is 3.40. The number of nitro benzene ring substituents is 1. The van der Waals surface area contributed by atoms with Crippen molar-refractivity contribution in [2.75, 3.05) is 7.11 Å². The van der Waals surface area contributed by atoms with Crippen molar-refractivity contribution in [1.29, 1.82) is 0 Å². The molecule has 0 unspecified atom stereocenters. The number of esters is 1. The van der Waals surface area contributed by atoms with Crippen molar-refractivity contribution < 1.29 is 14.5 Å². The first-order valence-corrected chi connectivity index (χ1v) is 4.51. The first-order valence-electron chi connectivity index (χ1n) is 4.51. The first kappa shape index (κ1) is 11.9. The van der Waals surface area contributed by atoms with Crippen LogP contribution in [0.1, 0.15) is 21.5 Å². The number of hydrogen-bond acceptors (Lipinski definition) is 4. The Morgan fingerprint density at radius 3 is 2.62 bits per heavy atom. The second-order valence-electron chi connectivity index (χ2n) is 3.18. The van der Waals surface area contributed by atoms with E-state index in [0.29, 0.717) is 5.56 Å². The summed E-state index contributed by atoms with van der Waals surface area (Å²) in [5, 5.41) is 10.8. The predicted octanol–water partition coefficient (Wildman–Crippen LogP) is 2.33. The summed E-state index contributed by atoms with van der Waals surface area (Å²) >= 11 is 0. The summed E-state index contributed by atoms with van der Waals surface area (Å²) in [7, 11) is 1.18. The lowest BCUT2D eigenvalue weighted by molar-refractivity contribution is -0.385. The molecule has 0 aliphatic rings. The normalized spacial score (nSPS) is 9.62. The third-order valence-electron chi connectivity index (χ3n) is 2.21. The highest BCUT2D eigenvalue weighted by atomic mass is 16.6.